The second-order valence-corrected chi connectivity index (χ2v) is 3.43. The zero-order valence-electron chi connectivity index (χ0n) is 9.84. The van der Waals surface area contributed by atoms with Crippen molar-refractivity contribution in [1.82, 2.24) is 15.6 Å². The van der Waals surface area contributed by atoms with Gasteiger partial charge in [-0.15, -0.1) is 0 Å². The highest BCUT2D eigenvalue weighted by molar-refractivity contribution is 5.91. The molecule has 1 rings (SSSR count). The summed E-state index contributed by atoms with van der Waals surface area (Å²) in [7, 11) is 0. The van der Waals surface area contributed by atoms with Gasteiger partial charge in [-0.2, -0.15) is 0 Å². The maximum absolute atomic E-state index is 11.4. The molecule has 2 amide bonds. The first-order chi connectivity index (χ1) is 8.61. The van der Waals surface area contributed by atoms with E-state index in [1.54, 1.807) is 24.4 Å². The van der Waals surface area contributed by atoms with Crippen molar-refractivity contribution in [2.75, 3.05) is 6.54 Å². The van der Waals surface area contributed by atoms with Crippen LogP contribution in [0.3, 0.4) is 0 Å². The number of hydrogen-bond donors (Lipinski definition) is 2. The van der Waals surface area contributed by atoms with Crippen molar-refractivity contribution in [1.29, 1.82) is 0 Å². The van der Waals surface area contributed by atoms with Gasteiger partial charge in [0.2, 0.25) is 11.8 Å². The topological polar surface area (TPSA) is 88.2 Å². The number of aldehydes is 1. The van der Waals surface area contributed by atoms with Crippen molar-refractivity contribution in [3.05, 3.63) is 35.8 Å². The molecule has 1 aromatic rings. The summed E-state index contributed by atoms with van der Waals surface area (Å²) >= 11 is 0. The second kappa shape index (κ2) is 6.95. The summed E-state index contributed by atoms with van der Waals surface area (Å²) in [5.41, 5.74) is 0.642. The second-order valence-electron chi connectivity index (χ2n) is 3.43. The molecule has 6 nitrogen and oxygen atoms in total. The third-order valence-electron chi connectivity index (χ3n) is 1.90. The Balaban J connectivity index is 2.62. The summed E-state index contributed by atoms with van der Waals surface area (Å²) in [4.78, 5) is 36.7. The average Bonchev–Trinajstić information content (AvgIpc) is 2.37. The molecule has 0 saturated carbocycles. The fourth-order valence-electron chi connectivity index (χ4n) is 1.13. The fourth-order valence-corrected chi connectivity index (χ4v) is 1.13. The van der Waals surface area contributed by atoms with E-state index in [1.807, 2.05) is 0 Å². The van der Waals surface area contributed by atoms with Gasteiger partial charge in [-0.25, -0.2) is 0 Å². The zero-order chi connectivity index (χ0) is 13.4. The Morgan fingerprint density at radius 1 is 1.39 bits per heavy atom. The number of carbonyl (C=O) groups excluding carboxylic acids is 3. The molecule has 0 fully saturated rings. The lowest BCUT2D eigenvalue weighted by Gasteiger charge is -2.04. The molecule has 0 bridgehead atoms. The molecular formula is C12H13N3O3. The Morgan fingerprint density at radius 2 is 2.17 bits per heavy atom. The smallest absolute Gasteiger partial charge is 0.243 e. The summed E-state index contributed by atoms with van der Waals surface area (Å²) in [6, 6.07) is 5.21. The van der Waals surface area contributed by atoms with E-state index in [0.717, 1.165) is 0 Å². The van der Waals surface area contributed by atoms with Gasteiger partial charge in [0.25, 0.3) is 0 Å². The van der Waals surface area contributed by atoms with E-state index in [2.05, 4.69) is 15.6 Å². The van der Waals surface area contributed by atoms with Gasteiger partial charge in [-0.3, -0.25) is 19.4 Å². The van der Waals surface area contributed by atoms with Crippen LogP contribution in [0.5, 0.6) is 0 Å². The number of hydrogen-bond acceptors (Lipinski definition) is 4. The van der Waals surface area contributed by atoms with Crippen LogP contribution in [0.2, 0.25) is 0 Å². The van der Waals surface area contributed by atoms with E-state index in [0.29, 0.717) is 12.0 Å². The van der Waals surface area contributed by atoms with E-state index in [-0.39, 0.29) is 18.1 Å². The number of amides is 2. The number of carbonyl (C=O) groups is 3. The lowest BCUT2D eigenvalue weighted by atomic mass is 10.3. The highest BCUT2D eigenvalue weighted by Crippen LogP contribution is 1.99. The van der Waals surface area contributed by atoms with Gasteiger partial charge in [-0.1, -0.05) is 6.07 Å². The molecule has 18 heavy (non-hydrogen) atoms. The Hall–Kier alpha value is -2.50. The van der Waals surface area contributed by atoms with Crippen LogP contribution < -0.4 is 10.6 Å². The fraction of sp³-hybridized carbons (Fsp3) is 0.167. The molecule has 0 aromatic carbocycles. The van der Waals surface area contributed by atoms with Gasteiger partial charge in [0.05, 0.1) is 17.9 Å². The minimum atomic E-state index is -0.473. The summed E-state index contributed by atoms with van der Waals surface area (Å²) in [6.45, 7) is 1.13. The summed E-state index contributed by atoms with van der Waals surface area (Å²) in [6.07, 6.45) is 3.53. The van der Waals surface area contributed by atoms with Crippen LogP contribution in [0.1, 0.15) is 12.6 Å². The molecule has 2 N–H and O–H groups in total. The molecule has 94 valence electrons. The van der Waals surface area contributed by atoms with Crippen molar-refractivity contribution < 1.29 is 14.4 Å². The van der Waals surface area contributed by atoms with E-state index < -0.39 is 5.91 Å². The highest BCUT2D eigenvalue weighted by Gasteiger charge is 2.04. The van der Waals surface area contributed by atoms with Crippen LogP contribution in [0.4, 0.5) is 0 Å². The Morgan fingerprint density at radius 3 is 2.72 bits per heavy atom. The number of nitrogens with one attached hydrogen (secondary N) is 2. The third-order valence-corrected chi connectivity index (χ3v) is 1.90. The maximum Gasteiger partial charge on any atom is 0.243 e. The molecule has 1 aromatic heterocycles. The Kier molecular flexibility index (Phi) is 5.24. The first-order valence-corrected chi connectivity index (χ1v) is 5.24. The maximum atomic E-state index is 11.4. The van der Waals surface area contributed by atoms with Gasteiger partial charge < -0.3 is 10.6 Å². The molecule has 1 heterocycles. The number of aromatic nitrogens is 1. The van der Waals surface area contributed by atoms with Gasteiger partial charge in [0.15, 0.2) is 6.29 Å². The van der Waals surface area contributed by atoms with E-state index in [4.69, 9.17) is 0 Å². The lowest BCUT2D eigenvalue weighted by Crippen LogP contribution is -2.35. The molecule has 0 saturated heterocycles. The summed E-state index contributed by atoms with van der Waals surface area (Å²) < 4.78 is 0. The molecule has 0 aliphatic rings. The molecule has 0 spiro atoms. The summed E-state index contributed by atoms with van der Waals surface area (Å²) in [5.74, 6) is -0.786. The van der Waals surface area contributed by atoms with Crippen LogP contribution in [0, 0.1) is 0 Å². The number of pyridine rings is 1. The highest BCUT2D eigenvalue weighted by atomic mass is 16.2. The van der Waals surface area contributed by atoms with E-state index >= 15 is 0 Å². The van der Waals surface area contributed by atoms with Crippen LogP contribution in [0.25, 0.3) is 6.08 Å². The van der Waals surface area contributed by atoms with E-state index in [9.17, 15) is 14.4 Å². The SMILES string of the molecule is CC(=O)NCC(=O)N/C(C=O)=C/c1ccccn1. The predicted octanol–water partition coefficient (Wildman–Crippen LogP) is -0.126. The zero-order valence-corrected chi connectivity index (χ0v) is 9.84. The molecule has 0 aliphatic heterocycles. The third kappa shape index (κ3) is 5.02. The van der Waals surface area contributed by atoms with Crippen LogP contribution in [-0.4, -0.2) is 29.6 Å². The van der Waals surface area contributed by atoms with Gasteiger partial charge in [0, 0.05) is 13.1 Å². The van der Waals surface area contributed by atoms with Crippen molar-refractivity contribution in [3.63, 3.8) is 0 Å². The van der Waals surface area contributed by atoms with Crippen molar-refractivity contribution >= 4 is 24.2 Å². The minimum absolute atomic E-state index is 0.0871. The van der Waals surface area contributed by atoms with Crippen molar-refractivity contribution in [3.8, 4) is 0 Å². The average molecular weight is 247 g/mol. The molecule has 0 aliphatic carbocycles. The number of nitrogens with zero attached hydrogens (tertiary/aromatic N) is 1. The number of rotatable bonds is 5. The monoisotopic (exact) mass is 247 g/mol. The Labute approximate surface area is 104 Å². The molecule has 6 heteroatoms. The Bertz CT molecular complexity index is 469. The summed E-state index contributed by atoms with van der Waals surface area (Å²) in [5, 5.41) is 4.70. The largest absolute Gasteiger partial charge is 0.347 e. The quantitative estimate of drug-likeness (QED) is 0.560. The normalized spacial score (nSPS) is 10.6. The van der Waals surface area contributed by atoms with Crippen molar-refractivity contribution in [2.45, 2.75) is 6.92 Å². The van der Waals surface area contributed by atoms with Crippen molar-refractivity contribution in [2.24, 2.45) is 0 Å². The molecule has 0 radical (unpaired) electrons. The predicted molar refractivity (Wildman–Crippen MR) is 65.1 cm³/mol. The standard InChI is InChI=1S/C12H13N3O3/c1-9(17)14-7-12(18)15-11(8-16)6-10-4-2-3-5-13-10/h2-6,8H,7H2,1H3,(H,14,17)(H,15,18)/b11-6+. The first-order valence-electron chi connectivity index (χ1n) is 5.24. The first kappa shape index (κ1) is 13.6. The van der Waals surface area contributed by atoms with Gasteiger partial charge in [-0.05, 0) is 18.2 Å². The molecular weight excluding hydrogens is 234 g/mol. The van der Waals surface area contributed by atoms with Crippen LogP contribution >= 0.6 is 0 Å². The van der Waals surface area contributed by atoms with Gasteiger partial charge in [0.1, 0.15) is 0 Å². The molecule has 0 unspecified atom stereocenters. The van der Waals surface area contributed by atoms with E-state index in [1.165, 1.54) is 13.0 Å². The van der Waals surface area contributed by atoms with Gasteiger partial charge >= 0.3 is 0 Å². The lowest BCUT2D eigenvalue weighted by molar-refractivity contribution is -0.124. The van der Waals surface area contributed by atoms with Crippen LogP contribution in [0.15, 0.2) is 30.1 Å². The molecule has 0 atom stereocenters. The van der Waals surface area contributed by atoms with Crippen LogP contribution in [-0.2, 0) is 14.4 Å². The number of allylic oxidation sites excluding steroid dienone is 1. The minimum Gasteiger partial charge on any atom is -0.347 e.